The van der Waals surface area contributed by atoms with E-state index in [1.165, 1.54) is 4.90 Å². The van der Waals surface area contributed by atoms with Gasteiger partial charge < -0.3 is 15.0 Å². The SMILES string of the molecule is CC[C@H](C(=O)NC1CCCC1)N(Cc1ccc(OC)cc1)C(=O)CN(c1ccc(C(C)(C)C)cc1)S(C)(=O)=O. The lowest BCUT2D eigenvalue weighted by Gasteiger charge is -2.33. The van der Waals surface area contributed by atoms with Crippen LogP contribution in [0, 0.1) is 0 Å². The highest BCUT2D eigenvalue weighted by Gasteiger charge is 2.33. The Labute approximate surface area is 233 Å². The summed E-state index contributed by atoms with van der Waals surface area (Å²) in [6, 6.07) is 13.9. The second-order valence-electron chi connectivity index (χ2n) is 11.4. The van der Waals surface area contributed by atoms with E-state index in [4.69, 9.17) is 4.74 Å². The molecule has 1 aliphatic carbocycles. The molecule has 1 atom stereocenters. The van der Waals surface area contributed by atoms with E-state index in [0.717, 1.165) is 47.4 Å². The number of methoxy groups -OCH3 is 1. The Bertz CT molecular complexity index is 1210. The molecule has 0 saturated heterocycles. The molecule has 0 heterocycles. The summed E-state index contributed by atoms with van der Waals surface area (Å²) < 4.78 is 32.1. The van der Waals surface area contributed by atoms with E-state index < -0.39 is 28.5 Å². The zero-order chi connectivity index (χ0) is 28.8. The molecular weight excluding hydrogens is 514 g/mol. The Kier molecular flexibility index (Phi) is 10.0. The van der Waals surface area contributed by atoms with Gasteiger partial charge in [-0.1, -0.05) is 64.8 Å². The van der Waals surface area contributed by atoms with Gasteiger partial charge in [-0.15, -0.1) is 0 Å². The van der Waals surface area contributed by atoms with Gasteiger partial charge in [0.2, 0.25) is 21.8 Å². The van der Waals surface area contributed by atoms with Gasteiger partial charge in [-0.2, -0.15) is 0 Å². The van der Waals surface area contributed by atoms with Crippen LogP contribution in [-0.2, 0) is 31.6 Å². The van der Waals surface area contributed by atoms with E-state index in [1.807, 2.05) is 31.2 Å². The largest absolute Gasteiger partial charge is 0.497 e. The summed E-state index contributed by atoms with van der Waals surface area (Å²) in [5.74, 6) is 0.0425. The molecule has 1 N–H and O–H groups in total. The molecule has 3 rings (SSSR count). The van der Waals surface area contributed by atoms with Gasteiger partial charge >= 0.3 is 0 Å². The Morgan fingerprint density at radius 2 is 1.62 bits per heavy atom. The standard InChI is InChI=1S/C30H43N3O5S/c1-7-27(29(35)31-24-10-8-9-11-24)32(20-22-12-18-26(38-5)19-13-22)28(34)21-33(39(6,36)37)25-16-14-23(15-17-25)30(2,3)4/h12-19,24,27H,7-11,20-21H2,1-6H3,(H,31,35)/t27-/m1/s1. The molecule has 39 heavy (non-hydrogen) atoms. The molecule has 1 saturated carbocycles. The van der Waals surface area contributed by atoms with Gasteiger partial charge in [0.1, 0.15) is 18.3 Å². The molecule has 0 radical (unpaired) electrons. The average Bonchev–Trinajstić information content (AvgIpc) is 3.39. The van der Waals surface area contributed by atoms with Crippen molar-refractivity contribution in [3.8, 4) is 5.75 Å². The van der Waals surface area contributed by atoms with E-state index in [0.29, 0.717) is 17.9 Å². The summed E-state index contributed by atoms with van der Waals surface area (Å²) in [6.45, 7) is 7.87. The van der Waals surface area contributed by atoms with E-state index in [9.17, 15) is 18.0 Å². The fourth-order valence-corrected chi connectivity index (χ4v) is 5.81. The van der Waals surface area contributed by atoms with Crippen LogP contribution in [0.25, 0.3) is 0 Å². The number of rotatable bonds is 11. The number of amides is 2. The molecule has 9 heteroatoms. The molecule has 0 aromatic heterocycles. The van der Waals surface area contributed by atoms with Crippen LogP contribution in [0.15, 0.2) is 48.5 Å². The van der Waals surface area contributed by atoms with E-state index in [-0.39, 0.29) is 23.9 Å². The van der Waals surface area contributed by atoms with E-state index in [2.05, 4.69) is 26.1 Å². The van der Waals surface area contributed by atoms with Gasteiger partial charge in [0, 0.05) is 12.6 Å². The lowest BCUT2D eigenvalue weighted by molar-refractivity contribution is -0.140. The predicted octanol–water partition coefficient (Wildman–Crippen LogP) is 4.62. The van der Waals surface area contributed by atoms with Gasteiger partial charge in [-0.25, -0.2) is 8.42 Å². The minimum Gasteiger partial charge on any atom is -0.497 e. The van der Waals surface area contributed by atoms with Crippen molar-refractivity contribution in [3.63, 3.8) is 0 Å². The molecule has 2 amide bonds. The van der Waals surface area contributed by atoms with Gasteiger partial charge in [-0.3, -0.25) is 13.9 Å². The fraction of sp³-hybridized carbons (Fsp3) is 0.533. The quantitative estimate of drug-likeness (QED) is 0.435. The minimum atomic E-state index is -3.78. The van der Waals surface area contributed by atoms with Crippen LogP contribution in [0.5, 0.6) is 5.75 Å². The maximum atomic E-state index is 13.9. The molecule has 0 bridgehead atoms. The summed E-state index contributed by atoms with van der Waals surface area (Å²) in [4.78, 5) is 28.8. The molecule has 214 valence electrons. The third kappa shape index (κ3) is 8.21. The summed E-state index contributed by atoms with van der Waals surface area (Å²) >= 11 is 0. The molecular formula is C30H43N3O5S. The van der Waals surface area contributed by atoms with Crippen LogP contribution in [0.1, 0.15) is 70.9 Å². The first-order valence-electron chi connectivity index (χ1n) is 13.6. The van der Waals surface area contributed by atoms with Crippen molar-refractivity contribution in [1.29, 1.82) is 0 Å². The number of hydrogen-bond acceptors (Lipinski definition) is 5. The lowest BCUT2D eigenvalue weighted by atomic mass is 9.87. The van der Waals surface area contributed by atoms with E-state index in [1.54, 1.807) is 31.4 Å². The number of benzene rings is 2. The third-order valence-electron chi connectivity index (χ3n) is 7.30. The Hall–Kier alpha value is -3.07. The number of carbonyl (C=O) groups is 2. The Morgan fingerprint density at radius 3 is 2.10 bits per heavy atom. The lowest BCUT2D eigenvalue weighted by Crippen LogP contribution is -2.53. The second-order valence-corrected chi connectivity index (χ2v) is 13.3. The number of anilines is 1. The van der Waals surface area contributed by atoms with Gasteiger partial charge in [0.15, 0.2) is 0 Å². The zero-order valence-corrected chi connectivity index (χ0v) is 24.9. The highest BCUT2D eigenvalue weighted by molar-refractivity contribution is 7.92. The maximum Gasteiger partial charge on any atom is 0.244 e. The molecule has 8 nitrogen and oxygen atoms in total. The first kappa shape index (κ1) is 30.5. The molecule has 2 aromatic carbocycles. The summed E-state index contributed by atoms with van der Waals surface area (Å²) in [7, 11) is -2.20. The van der Waals surface area contributed by atoms with Crippen LogP contribution in [0.4, 0.5) is 5.69 Å². The molecule has 1 aliphatic rings. The normalized spacial score (nSPS) is 15.0. The highest BCUT2D eigenvalue weighted by atomic mass is 32.2. The number of nitrogens with one attached hydrogen (secondary N) is 1. The van der Waals surface area contributed by atoms with Crippen molar-refractivity contribution in [2.75, 3.05) is 24.2 Å². The van der Waals surface area contributed by atoms with Crippen LogP contribution in [-0.4, -0.2) is 57.1 Å². The number of hydrogen-bond donors (Lipinski definition) is 1. The van der Waals surface area contributed by atoms with Gasteiger partial charge in [0.05, 0.1) is 19.1 Å². The van der Waals surface area contributed by atoms with Crippen molar-refractivity contribution < 1.29 is 22.7 Å². The maximum absolute atomic E-state index is 13.9. The number of sulfonamides is 1. The van der Waals surface area contributed by atoms with Crippen LogP contribution < -0.4 is 14.4 Å². The van der Waals surface area contributed by atoms with Crippen molar-refractivity contribution in [3.05, 3.63) is 59.7 Å². The highest BCUT2D eigenvalue weighted by Crippen LogP contribution is 2.27. The van der Waals surface area contributed by atoms with E-state index >= 15 is 0 Å². The van der Waals surface area contributed by atoms with Gasteiger partial charge in [0.25, 0.3) is 0 Å². The molecule has 0 unspecified atom stereocenters. The van der Waals surface area contributed by atoms with Crippen LogP contribution in [0.3, 0.4) is 0 Å². The minimum absolute atomic E-state index is 0.0968. The number of ether oxygens (including phenoxy) is 1. The summed E-state index contributed by atoms with van der Waals surface area (Å²) in [5.41, 5.74) is 2.19. The molecule has 0 spiro atoms. The van der Waals surface area contributed by atoms with Crippen LogP contribution in [0.2, 0.25) is 0 Å². The molecule has 1 fully saturated rings. The molecule has 0 aliphatic heterocycles. The third-order valence-corrected chi connectivity index (χ3v) is 8.44. The monoisotopic (exact) mass is 557 g/mol. The van der Waals surface area contributed by atoms with Crippen LogP contribution >= 0.6 is 0 Å². The summed E-state index contributed by atoms with van der Waals surface area (Å²) in [5, 5.41) is 3.12. The second kappa shape index (κ2) is 12.9. The first-order valence-corrected chi connectivity index (χ1v) is 15.5. The Balaban J connectivity index is 1.92. The smallest absolute Gasteiger partial charge is 0.244 e. The number of nitrogens with zero attached hydrogens (tertiary/aromatic N) is 2. The van der Waals surface area contributed by atoms with Crippen molar-refractivity contribution >= 4 is 27.5 Å². The topological polar surface area (TPSA) is 96.0 Å². The van der Waals surface area contributed by atoms with Crippen molar-refractivity contribution in [2.45, 2.75) is 83.8 Å². The average molecular weight is 558 g/mol. The first-order chi connectivity index (χ1) is 18.3. The number of carbonyl (C=O) groups excluding carboxylic acids is 2. The molecule has 2 aromatic rings. The predicted molar refractivity (Wildman–Crippen MR) is 155 cm³/mol. The van der Waals surface area contributed by atoms with Gasteiger partial charge in [-0.05, 0) is 60.1 Å². The Morgan fingerprint density at radius 1 is 1.03 bits per heavy atom. The van der Waals surface area contributed by atoms with Crippen molar-refractivity contribution in [2.24, 2.45) is 0 Å². The fourth-order valence-electron chi connectivity index (χ4n) is 4.96. The summed E-state index contributed by atoms with van der Waals surface area (Å²) in [6.07, 6.45) is 5.51. The van der Waals surface area contributed by atoms with Crippen molar-refractivity contribution in [1.82, 2.24) is 10.2 Å². The zero-order valence-electron chi connectivity index (χ0n) is 24.1.